The summed E-state index contributed by atoms with van der Waals surface area (Å²) in [6, 6.07) is 3.72. The summed E-state index contributed by atoms with van der Waals surface area (Å²) in [6.45, 7) is 0.00894. The largest absolute Gasteiger partial charge is 0.401 e. The molecule has 0 radical (unpaired) electrons. The average molecular weight is 377 g/mol. The van der Waals surface area contributed by atoms with E-state index in [-0.39, 0.29) is 6.04 Å². The van der Waals surface area contributed by atoms with Gasteiger partial charge in [0.2, 0.25) is 0 Å². The van der Waals surface area contributed by atoms with Crippen LogP contribution < -0.4 is 5.32 Å². The van der Waals surface area contributed by atoms with Gasteiger partial charge in [0.15, 0.2) is 5.82 Å². The van der Waals surface area contributed by atoms with Gasteiger partial charge in [-0.15, -0.1) is 0 Å². The Morgan fingerprint density at radius 1 is 1.19 bits per heavy atom. The van der Waals surface area contributed by atoms with E-state index in [1.807, 2.05) is 12.1 Å². The second kappa shape index (κ2) is 7.42. The van der Waals surface area contributed by atoms with Crippen molar-refractivity contribution in [2.45, 2.75) is 44.3 Å². The van der Waals surface area contributed by atoms with Crippen LogP contribution >= 0.6 is 0 Å². The molecule has 8 heteroatoms. The lowest BCUT2D eigenvalue weighted by atomic mass is 10.1. The van der Waals surface area contributed by atoms with Crippen molar-refractivity contribution in [2.24, 2.45) is 0 Å². The predicted octanol–water partition coefficient (Wildman–Crippen LogP) is 3.47. The number of aromatic nitrogens is 3. The molecule has 4 rings (SSSR count). The normalized spacial score (nSPS) is 20.5. The van der Waals surface area contributed by atoms with E-state index < -0.39 is 12.7 Å². The minimum atomic E-state index is -4.16. The topological polar surface area (TPSA) is 53.9 Å². The Morgan fingerprint density at radius 2 is 2.07 bits per heavy atom. The van der Waals surface area contributed by atoms with Crippen LogP contribution in [0, 0.1) is 0 Å². The van der Waals surface area contributed by atoms with Gasteiger partial charge in [-0.25, -0.2) is 9.97 Å². The van der Waals surface area contributed by atoms with Crippen molar-refractivity contribution in [1.29, 1.82) is 0 Å². The van der Waals surface area contributed by atoms with Gasteiger partial charge in [0.05, 0.1) is 6.54 Å². The average Bonchev–Trinajstić information content (AvgIpc) is 3.10. The highest BCUT2D eigenvalue weighted by Crippen LogP contribution is 2.30. The number of rotatable bonds is 4. The first-order valence-corrected chi connectivity index (χ1v) is 9.34. The predicted molar refractivity (Wildman–Crippen MR) is 96.4 cm³/mol. The van der Waals surface area contributed by atoms with E-state index in [9.17, 15) is 13.2 Å². The summed E-state index contributed by atoms with van der Waals surface area (Å²) in [5.74, 6) is 1.39. The number of likely N-dealkylation sites (tertiary alicyclic amines) is 1. The lowest BCUT2D eigenvalue weighted by Crippen LogP contribution is -2.46. The number of halogens is 3. The van der Waals surface area contributed by atoms with Crippen molar-refractivity contribution in [3.8, 4) is 11.4 Å². The van der Waals surface area contributed by atoms with Crippen LogP contribution in [0.15, 0.2) is 24.5 Å². The number of pyridine rings is 1. The maximum Gasteiger partial charge on any atom is 0.401 e. The Morgan fingerprint density at radius 3 is 2.85 bits per heavy atom. The molecule has 1 N–H and O–H groups in total. The van der Waals surface area contributed by atoms with E-state index >= 15 is 0 Å². The second-order valence-corrected chi connectivity index (χ2v) is 7.25. The van der Waals surface area contributed by atoms with Crippen molar-refractivity contribution in [1.82, 2.24) is 19.9 Å². The summed E-state index contributed by atoms with van der Waals surface area (Å²) in [5, 5.41) is 3.43. The standard InChI is InChI=1S/C19H22F3N5/c20-19(21,22)12-27-9-3-5-14(11-27)24-18-15-6-1-7-16(15)25-17(26-18)13-4-2-8-23-10-13/h2,4,8,10,14H,1,3,5-7,9,11-12H2,(H,24,25,26). The first-order valence-electron chi connectivity index (χ1n) is 9.34. The fourth-order valence-corrected chi connectivity index (χ4v) is 3.94. The Kier molecular flexibility index (Phi) is 4.99. The molecule has 0 aromatic carbocycles. The third kappa shape index (κ3) is 4.37. The van der Waals surface area contributed by atoms with Gasteiger partial charge in [-0.2, -0.15) is 13.2 Å². The summed E-state index contributed by atoms with van der Waals surface area (Å²) in [7, 11) is 0. The third-order valence-electron chi connectivity index (χ3n) is 5.10. The van der Waals surface area contributed by atoms with Gasteiger partial charge in [0.1, 0.15) is 5.82 Å². The molecule has 1 aliphatic heterocycles. The summed E-state index contributed by atoms with van der Waals surface area (Å²) in [4.78, 5) is 15.0. The zero-order valence-corrected chi connectivity index (χ0v) is 15.0. The van der Waals surface area contributed by atoms with Gasteiger partial charge in [-0.05, 0) is 50.8 Å². The molecule has 0 bridgehead atoms. The van der Waals surface area contributed by atoms with Gasteiger partial charge in [0, 0.05) is 41.8 Å². The van der Waals surface area contributed by atoms with Crippen LogP contribution in [-0.2, 0) is 12.8 Å². The molecule has 2 aliphatic rings. The molecule has 2 aromatic heterocycles. The molecule has 0 amide bonds. The SMILES string of the molecule is FC(F)(F)CN1CCCC(Nc2nc(-c3cccnc3)nc3c2CCC3)C1. The number of hydrogen-bond acceptors (Lipinski definition) is 5. The Bertz CT molecular complexity index is 794. The van der Waals surface area contributed by atoms with Gasteiger partial charge in [0.25, 0.3) is 0 Å². The van der Waals surface area contributed by atoms with Crippen molar-refractivity contribution in [3.63, 3.8) is 0 Å². The number of aryl methyl sites for hydroxylation is 1. The molecule has 1 fully saturated rings. The molecule has 0 spiro atoms. The number of hydrogen-bond donors (Lipinski definition) is 1. The van der Waals surface area contributed by atoms with Crippen LogP contribution in [-0.4, -0.2) is 51.7 Å². The van der Waals surface area contributed by atoms with Crippen LogP contribution in [0.25, 0.3) is 11.4 Å². The van der Waals surface area contributed by atoms with Crippen LogP contribution in [0.4, 0.5) is 19.0 Å². The molecule has 1 saturated heterocycles. The van der Waals surface area contributed by atoms with Crippen LogP contribution in [0.3, 0.4) is 0 Å². The number of alkyl halides is 3. The van der Waals surface area contributed by atoms with E-state index in [4.69, 9.17) is 9.97 Å². The number of piperidine rings is 1. The van der Waals surface area contributed by atoms with Crippen LogP contribution in [0.5, 0.6) is 0 Å². The Labute approximate surface area is 156 Å². The summed E-state index contributed by atoms with van der Waals surface area (Å²) in [5.41, 5.74) is 2.99. The van der Waals surface area contributed by atoms with Crippen molar-refractivity contribution >= 4 is 5.82 Å². The Hall–Kier alpha value is -2.22. The molecular weight excluding hydrogens is 355 g/mol. The van der Waals surface area contributed by atoms with Gasteiger partial charge in [-0.1, -0.05) is 0 Å². The van der Waals surface area contributed by atoms with Crippen LogP contribution in [0.1, 0.15) is 30.5 Å². The van der Waals surface area contributed by atoms with Crippen LogP contribution in [0.2, 0.25) is 0 Å². The van der Waals surface area contributed by atoms with E-state index in [0.717, 1.165) is 54.7 Å². The van der Waals surface area contributed by atoms with E-state index in [1.54, 1.807) is 12.4 Å². The fraction of sp³-hybridized carbons (Fsp3) is 0.526. The maximum absolute atomic E-state index is 12.7. The fourth-order valence-electron chi connectivity index (χ4n) is 3.94. The summed E-state index contributed by atoms with van der Waals surface area (Å²) in [6.07, 6.45) is 3.70. The first kappa shape index (κ1) is 18.2. The maximum atomic E-state index is 12.7. The molecule has 144 valence electrons. The minimum absolute atomic E-state index is 0.0394. The zero-order chi connectivity index (χ0) is 18.9. The van der Waals surface area contributed by atoms with E-state index in [1.165, 1.54) is 4.90 Å². The smallest absolute Gasteiger partial charge is 0.366 e. The number of anilines is 1. The van der Waals surface area contributed by atoms with E-state index in [2.05, 4.69) is 10.3 Å². The van der Waals surface area contributed by atoms with Crippen molar-refractivity contribution in [3.05, 3.63) is 35.8 Å². The monoisotopic (exact) mass is 377 g/mol. The highest BCUT2D eigenvalue weighted by molar-refractivity contribution is 5.60. The van der Waals surface area contributed by atoms with E-state index in [0.29, 0.717) is 18.9 Å². The molecule has 1 aliphatic carbocycles. The van der Waals surface area contributed by atoms with Crippen molar-refractivity contribution in [2.75, 3.05) is 25.0 Å². The number of nitrogens with one attached hydrogen (secondary N) is 1. The molecule has 1 unspecified atom stereocenters. The van der Waals surface area contributed by atoms with Gasteiger partial charge >= 0.3 is 6.18 Å². The van der Waals surface area contributed by atoms with Crippen molar-refractivity contribution < 1.29 is 13.2 Å². The third-order valence-corrected chi connectivity index (χ3v) is 5.10. The van der Waals surface area contributed by atoms with Gasteiger partial charge < -0.3 is 5.32 Å². The molecule has 2 aromatic rings. The summed E-state index contributed by atoms with van der Waals surface area (Å²) < 4.78 is 38.2. The lowest BCUT2D eigenvalue weighted by molar-refractivity contribution is -0.147. The second-order valence-electron chi connectivity index (χ2n) is 7.25. The number of fused-ring (bicyclic) bond motifs is 1. The highest BCUT2D eigenvalue weighted by Gasteiger charge is 2.33. The summed E-state index contributed by atoms with van der Waals surface area (Å²) >= 11 is 0. The van der Waals surface area contributed by atoms with Gasteiger partial charge in [-0.3, -0.25) is 9.88 Å². The molecule has 1 atom stereocenters. The molecule has 3 heterocycles. The molecule has 27 heavy (non-hydrogen) atoms. The number of nitrogens with zero attached hydrogens (tertiary/aromatic N) is 4. The highest BCUT2D eigenvalue weighted by atomic mass is 19.4. The zero-order valence-electron chi connectivity index (χ0n) is 15.0. The Balaban J connectivity index is 1.55. The quantitative estimate of drug-likeness (QED) is 0.884. The minimum Gasteiger partial charge on any atom is -0.366 e. The lowest BCUT2D eigenvalue weighted by Gasteiger charge is -2.34. The first-order chi connectivity index (χ1) is 13.0. The molecule has 0 saturated carbocycles. The molecule has 5 nitrogen and oxygen atoms in total. The molecular formula is C19H22F3N5.